The van der Waals surface area contributed by atoms with Crippen LogP contribution in [-0.2, 0) is 32.7 Å². The number of carbonyl (C=O) groups excluding carboxylic acids is 2. The van der Waals surface area contributed by atoms with E-state index in [1.165, 1.54) is 35.1 Å². The van der Waals surface area contributed by atoms with E-state index in [1.54, 1.807) is 18.3 Å². The zero-order valence-electron chi connectivity index (χ0n) is 23.4. The van der Waals surface area contributed by atoms with Crippen LogP contribution in [-0.4, -0.2) is 34.0 Å². The first kappa shape index (κ1) is 27.0. The van der Waals surface area contributed by atoms with Crippen molar-refractivity contribution in [2.24, 2.45) is 11.3 Å². The topological polar surface area (TPSA) is 86.1 Å². The summed E-state index contributed by atoms with van der Waals surface area (Å²) in [7, 11) is 1.48. The summed E-state index contributed by atoms with van der Waals surface area (Å²) in [4.78, 5) is 26.2. The van der Waals surface area contributed by atoms with E-state index in [1.807, 2.05) is 0 Å². The minimum absolute atomic E-state index is 0.0101. The molecule has 0 aliphatic heterocycles. The van der Waals surface area contributed by atoms with Gasteiger partial charge in [-0.15, -0.1) is 5.10 Å². The predicted octanol–water partition coefficient (Wildman–Crippen LogP) is 6.03. The third-order valence-corrected chi connectivity index (χ3v) is 9.08. The second kappa shape index (κ2) is 10.2. The maximum Gasteiger partial charge on any atom is 0.311 e. The summed E-state index contributed by atoms with van der Waals surface area (Å²) in [6, 6.07) is 10.5. The lowest BCUT2D eigenvalue weighted by Crippen LogP contribution is -2.52. The number of ether oxygens (including phenoxy) is 1. The zero-order valence-corrected chi connectivity index (χ0v) is 23.4. The van der Waals surface area contributed by atoms with Gasteiger partial charge in [0, 0.05) is 11.3 Å². The van der Waals surface area contributed by atoms with Crippen molar-refractivity contribution in [3.63, 3.8) is 0 Å². The third kappa shape index (κ3) is 4.74. The number of nitrogens with one attached hydrogen (secondary N) is 1. The minimum atomic E-state index is -0.522. The lowest BCUT2D eigenvalue weighted by atomic mass is 9.49. The number of methoxy groups -OCH3 is 1. The van der Waals surface area contributed by atoms with Gasteiger partial charge in [0.05, 0.1) is 18.7 Å². The largest absolute Gasteiger partial charge is 0.469 e. The number of carbonyl (C=O) groups is 2. The average Bonchev–Trinajstić information content (AvgIpc) is 3.36. The molecule has 0 unspecified atom stereocenters. The molecule has 7 nitrogen and oxygen atoms in total. The highest BCUT2D eigenvalue weighted by Crippen LogP contribution is 2.58. The van der Waals surface area contributed by atoms with Gasteiger partial charge in [-0.2, -0.15) is 0 Å². The lowest BCUT2D eigenvalue weighted by Gasteiger charge is -2.54. The first-order valence-corrected chi connectivity index (χ1v) is 13.8. The number of hydrogen-bond donors (Lipinski definition) is 1. The first-order chi connectivity index (χ1) is 18.6. The van der Waals surface area contributed by atoms with Gasteiger partial charge in [-0.25, -0.2) is 9.07 Å². The lowest BCUT2D eigenvalue weighted by molar-refractivity contribution is -0.161. The van der Waals surface area contributed by atoms with Gasteiger partial charge in [-0.3, -0.25) is 9.59 Å². The van der Waals surface area contributed by atoms with Crippen LogP contribution in [0.25, 0.3) is 11.3 Å². The molecule has 1 saturated carbocycles. The highest BCUT2D eigenvalue weighted by Gasteiger charge is 2.56. The van der Waals surface area contributed by atoms with Gasteiger partial charge < -0.3 is 10.1 Å². The van der Waals surface area contributed by atoms with E-state index in [0.717, 1.165) is 43.4 Å². The quantitative estimate of drug-likeness (QED) is 0.392. The predicted molar refractivity (Wildman–Crippen MR) is 148 cm³/mol. The van der Waals surface area contributed by atoms with Crippen LogP contribution in [0.4, 0.5) is 10.1 Å². The molecule has 2 aliphatic rings. The Balaban J connectivity index is 1.44. The van der Waals surface area contributed by atoms with Crippen molar-refractivity contribution < 1.29 is 18.7 Å². The number of esters is 1. The number of nitrogens with zero attached hydrogens (tertiary/aromatic N) is 3. The van der Waals surface area contributed by atoms with E-state index < -0.39 is 5.41 Å². The van der Waals surface area contributed by atoms with Crippen LogP contribution in [0.15, 0.2) is 42.6 Å². The number of amides is 1. The molecule has 1 fully saturated rings. The second-order valence-corrected chi connectivity index (χ2v) is 11.8. The molecule has 3 atom stereocenters. The Morgan fingerprint density at radius 2 is 2.00 bits per heavy atom. The normalized spacial score (nSPS) is 24.1. The van der Waals surface area contributed by atoms with Gasteiger partial charge >= 0.3 is 5.97 Å². The summed E-state index contributed by atoms with van der Waals surface area (Å²) >= 11 is 0. The van der Waals surface area contributed by atoms with Crippen molar-refractivity contribution in [1.82, 2.24) is 15.0 Å². The number of halogens is 1. The molecular weight excluding hydrogens is 495 g/mol. The molecule has 1 N–H and O–H groups in total. The fraction of sp³-hybridized carbons (Fsp3) is 0.484. The molecule has 2 aliphatic carbocycles. The fourth-order valence-corrected chi connectivity index (χ4v) is 7.17. The van der Waals surface area contributed by atoms with E-state index in [4.69, 9.17) is 4.74 Å². The van der Waals surface area contributed by atoms with Crippen LogP contribution in [0.2, 0.25) is 0 Å². The van der Waals surface area contributed by atoms with Crippen LogP contribution < -0.4 is 5.32 Å². The summed E-state index contributed by atoms with van der Waals surface area (Å²) in [6.07, 6.45) is 6.07. The van der Waals surface area contributed by atoms with Gasteiger partial charge in [0.2, 0.25) is 5.91 Å². The maximum atomic E-state index is 13.6. The Morgan fingerprint density at radius 1 is 1.21 bits per heavy atom. The molecule has 1 aromatic heterocycles. The summed E-state index contributed by atoms with van der Waals surface area (Å²) in [6.45, 7) is 8.59. The number of anilines is 1. The van der Waals surface area contributed by atoms with E-state index >= 15 is 0 Å². The Labute approximate surface area is 229 Å². The molecule has 0 spiro atoms. The SMILES string of the molecule is COC(=O)[C@]1(C)CCC[C@]2(C)c3ccc(C(C)C)c(NC(=O)Cn4cc(-c5cccc(F)c5)nn4)c3CC[C@@H]12. The molecule has 3 aromatic rings. The Kier molecular flexibility index (Phi) is 7.08. The molecule has 0 saturated heterocycles. The molecule has 1 amide bonds. The minimum Gasteiger partial charge on any atom is -0.469 e. The molecule has 0 bridgehead atoms. The van der Waals surface area contributed by atoms with Crippen LogP contribution in [0.1, 0.15) is 76.0 Å². The highest BCUT2D eigenvalue weighted by atomic mass is 19.1. The second-order valence-electron chi connectivity index (χ2n) is 11.8. The van der Waals surface area contributed by atoms with Crippen molar-refractivity contribution in [2.45, 2.75) is 77.7 Å². The van der Waals surface area contributed by atoms with Crippen molar-refractivity contribution in [1.29, 1.82) is 0 Å². The molecular formula is C31H37FN4O3. The molecule has 0 radical (unpaired) electrons. The Bertz CT molecular complexity index is 1420. The molecule has 1 heterocycles. The fourth-order valence-electron chi connectivity index (χ4n) is 7.17. The van der Waals surface area contributed by atoms with Gasteiger partial charge in [-0.05, 0) is 78.7 Å². The number of benzene rings is 2. The van der Waals surface area contributed by atoms with Gasteiger partial charge in [0.15, 0.2) is 0 Å². The first-order valence-electron chi connectivity index (χ1n) is 13.8. The zero-order chi connectivity index (χ0) is 27.9. The molecule has 39 heavy (non-hydrogen) atoms. The van der Waals surface area contributed by atoms with Crippen molar-refractivity contribution in [3.05, 3.63) is 65.1 Å². The van der Waals surface area contributed by atoms with Gasteiger partial charge in [-0.1, -0.05) is 56.7 Å². The molecule has 2 aromatic carbocycles. The van der Waals surface area contributed by atoms with Crippen LogP contribution in [0, 0.1) is 17.2 Å². The van der Waals surface area contributed by atoms with Gasteiger partial charge in [0.25, 0.3) is 0 Å². The van der Waals surface area contributed by atoms with E-state index in [-0.39, 0.29) is 41.5 Å². The number of hydrogen-bond acceptors (Lipinski definition) is 5. The van der Waals surface area contributed by atoms with Crippen LogP contribution >= 0.6 is 0 Å². The van der Waals surface area contributed by atoms with Gasteiger partial charge in [0.1, 0.15) is 18.1 Å². The monoisotopic (exact) mass is 532 g/mol. The van der Waals surface area contributed by atoms with Crippen molar-refractivity contribution in [2.75, 3.05) is 12.4 Å². The van der Waals surface area contributed by atoms with E-state index in [2.05, 4.69) is 55.5 Å². The third-order valence-electron chi connectivity index (χ3n) is 9.08. The van der Waals surface area contributed by atoms with Crippen LogP contribution in [0.5, 0.6) is 0 Å². The Hall–Kier alpha value is -3.55. The summed E-state index contributed by atoms with van der Waals surface area (Å²) in [5.41, 5.74) is 4.77. The maximum absolute atomic E-state index is 13.6. The summed E-state index contributed by atoms with van der Waals surface area (Å²) < 4.78 is 20.4. The van der Waals surface area contributed by atoms with E-state index in [0.29, 0.717) is 11.3 Å². The number of aromatic nitrogens is 3. The highest BCUT2D eigenvalue weighted by molar-refractivity contribution is 5.93. The smallest absolute Gasteiger partial charge is 0.311 e. The van der Waals surface area contributed by atoms with Crippen LogP contribution in [0.3, 0.4) is 0 Å². The molecule has 8 heteroatoms. The van der Waals surface area contributed by atoms with Crippen molar-refractivity contribution >= 4 is 17.6 Å². The standard InChI is InChI=1S/C31H37FN4O3/c1-19(2)22-10-12-24-23(11-13-26-30(24,3)14-7-15-31(26,4)29(38)39-5)28(22)33-27(37)18-36-17-25(34-35-36)20-8-6-9-21(32)16-20/h6,8-10,12,16-17,19,26H,7,11,13-15,18H2,1-5H3,(H,33,37)/t26-,30-,31-/m1/s1. The molecule has 206 valence electrons. The number of fused-ring (bicyclic) bond motifs is 3. The summed E-state index contributed by atoms with van der Waals surface area (Å²) in [5.74, 6) is -0.288. The summed E-state index contributed by atoms with van der Waals surface area (Å²) in [5, 5.41) is 11.4. The molecule has 5 rings (SSSR count). The van der Waals surface area contributed by atoms with Crippen molar-refractivity contribution in [3.8, 4) is 11.3 Å². The number of rotatable bonds is 6. The Morgan fingerprint density at radius 3 is 2.72 bits per heavy atom. The van der Waals surface area contributed by atoms with E-state index in [9.17, 15) is 14.0 Å². The average molecular weight is 533 g/mol.